The van der Waals surface area contributed by atoms with Crippen LogP contribution < -0.4 is 0 Å². The van der Waals surface area contributed by atoms with Crippen LogP contribution >= 0.6 is 11.6 Å². The number of hydrogen-bond donors (Lipinski definition) is 0. The molecule has 0 atom stereocenters. The summed E-state index contributed by atoms with van der Waals surface area (Å²) in [5.74, 6) is 0.171. The molecule has 0 spiro atoms. The molecule has 0 heterocycles. The van der Waals surface area contributed by atoms with Gasteiger partial charge in [0.25, 0.3) is 0 Å². The molecule has 0 aliphatic carbocycles. The lowest BCUT2D eigenvalue weighted by Gasteiger charge is -2.15. The molecule has 1 aromatic rings. The third-order valence-corrected chi connectivity index (χ3v) is 2.60. The van der Waals surface area contributed by atoms with Crippen LogP contribution in [0.4, 0.5) is 13.2 Å². The zero-order chi connectivity index (χ0) is 13.8. The fourth-order valence-corrected chi connectivity index (χ4v) is 1.82. The lowest BCUT2D eigenvalue weighted by molar-refractivity contribution is -0.137. The van der Waals surface area contributed by atoms with Gasteiger partial charge in [-0.15, -0.1) is 0 Å². The Bertz CT molecular complexity index is 368. The molecule has 98 valence electrons. The van der Waals surface area contributed by atoms with E-state index in [1.807, 2.05) is 27.7 Å². The molecule has 0 N–H and O–H groups in total. The Morgan fingerprint density at radius 2 is 1.59 bits per heavy atom. The van der Waals surface area contributed by atoms with E-state index in [4.69, 9.17) is 11.6 Å². The van der Waals surface area contributed by atoms with Gasteiger partial charge in [0, 0.05) is 0 Å². The maximum atomic E-state index is 12.5. The van der Waals surface area contributed by atoms with E-state index in [1.54, 1.807) is 6.92 Å². The van der Waals surface area contributed by atoms with E-state index in [2.05, 4.69) is 0 Å². The van der Waals surface area contributed by atoms with Gasteiger partial charge in [-0.2, -0.15) is 13.2 Å². The van der Waals surface area contributed by atoms with Crippen LogP contribution in [-0.4, -0.2) is 0 Å². The first-order valence-electron chi connectivity index (χ1n) is 5.60. The van der Waals surface area contributed by atoms with Crippen molar-refractivity contribution in [2.75, 3.05) is 0 Å². The van der Waals surface area contributed by atoms with Gasteiger partial charge in [-0.3, -0.25) is 0 Å². The maximum Gasteiger partial charge on any atom is 0.417 e. The summed E-state index contributed by atoms with van der Waals surface area (Å²) in [4.78, 5) is 0. The molecular weight excluding hydrogens is 249 g/mol. The van der Waals surface area contributed by atoms with E-state index in [0.717, 1.165) is 11.6 Å². The van der Waals surface area contributed by atoms with Gasteiger partial charge in [-0.25, -0.2) is 0 Å². The summed E-state index contributed by atoms with van der Waals surface area (Å²) >= 11 is 5.61. The molecule has 0 bridgehead atoms. The summed E-state index contributed by atoms with van der Waals surface area (Å²) in [5.41, 5.74) is 0.723. The number of halogens is 4. The Morgan fingerprint density at radius 3 is 1.94 bits per heavy atom. The summed E-state index contributed by atoms with van der Waals surface area (Å²) in [6.07, 6.45) is -4.38. The van der Waals surface area contributed by atoms with Crippen molar-refractivity contribution in [1.82, 2.24) is 0 Å². The minimum atomic E-state index is -4.38. The zero-order valence-corrected chi connectivity index (χ0v) is 11.5. The van der Waals surface area contributed by atoms with E-state index < -0.39 is 11.7 Å². The van der Waals surface area contributed by atoms with Crippen molar-refractivity contribution in [3.8, 4) is 0 Å². The van der Waals surface area contributed by atoms with Crippen molar-refractivity contribution in [2.24, 2.45) is 0 Å². The van der Waals surface area contributed by atoms with Crippen LogP contribution in [-0.2, 0) is 6.18 Å². The standard InChI is InChI=1S/C11H12ClF3.C2H6/c1-6(2)8-5-10(12)9(4-7(8)3)11(13,14)15;1-2/h4-6H,1-3H3;1-2H3. The summed E-state index contributed by atoms with van der Waals surface area (Å²) in [6, 6.07) is 2.52. The molecule has 0 aromatic heterocycles. The Morgan fingerprint density at radius 1 is 1.12 bits per heavy atom. The Hall–Kier alpha value is -0.700. The van der Waals surface area contributed by atoms with E-state index >= 15 is 0 Å². The summed E-state index contributed by atoms with van der Waals surface area (Å²) < 4.78 is 37.4. The molecule has 1 aromatic carbocycles. The fraction of sp³-hybridized carbons (Fsp3) is 0.538. The number of alkyl halides is 3. The predicted octanol–water partition coefficient (Wildman–Crippen LogP) is 5.82. The lowest BCUT2D eigenvalue weighted by atomic mass is 9.96. The SMILES string of the molecule is CC.Cc1cc(C(F)(F)F)c(Cl)cc1C(C)C. The number of hydrogen-bond acceptors (Lipinski definition) is 0. The van der Waals surface area contributed by atoms with Gasteiger partial charge in [-0.05, 0) is 36.1 Å². The van der Waals surface area contributed by atoms with Crippen LogP contribution in [0.5, 0.6) is 0 Å². The largest absolute Gasteiger partial charge is 0.417 e. The molecule has 0 radical (unpaired) electrons. The molecule has 0 saturated heterocycles. The zero-order valence-electron chi connectivity index (χ0n) is 10.7. The van der Waals surface area contributed by atoms with Gasteiger partial charge < -0.3 is 0 Å². The Labute approximate surface area is 106 Å². The van der Waals surface area contributed by atoms with Gasteiger partial charge >= 0.3 is 6.18 Å². The average Bonchev–Trinajstić information content (AvgIpc) is 2.22. The van der Waals surface area contributed by atoms with Crippen molar-refractivity contribution < 1.29 is 13.2 Å². The van der Waals surface area contributed by atoms with Crippen molar-refractivity contribution >= 4 is 11.6 Å². The second kappa shape index (κ2) is 6.29. The van der Waals surface area contributed by atoms with Crippen LogP contribution in [0.15, 0.2) is 12.1 Å². The predicted molar refractivity (Wildman–Crippen MR) is 66.6 cm³/mol. The molecule has 0 amide bonds. The smallest absolute Gasteiger partial charge is 0.166 e. The molecule has 1 rings (SSSR count). The van der Waals surface area contributed by atoms with E-state index in [0.29, 0.717) is 5.56 Å². The van der Waals surface area contributed by atoms with E-state index in [9.17, 15) is 13.2 Å². The highest BCUT2D eigenvalue weighted by Crippen LogP contribution is 2.37. The van der Waals surface area contributed by atoms with Gasteiger partial charge in [0.1, 0.15) is 0 Å². The third kappa shape index (κ3) is 4.23. The highest BCUT2D eigenvalue weighted by molar-refractivity contribution is 6.31. The molecule has 0 saturated carbocycles. The van der Waals surface area contributed by atoms with Crippen molar-refractivity contribution in [1.29, 1.82) is 0 Å². The highest BCUT2D eigenvalue weighted by atomic mass is 35.5. The summed E-state index contributed by atoms with van der Waals surface area (Å²) in [5, 5.41) is -0.225. The van der Waals surface area contributed by atoms with Gasteiger partial charge in [0.05, 0.1) is 10.6 Å². The molecule has 0 unspecified atom stereocenters. The second-order valence-corrected chi connectivity index (χ2v) is 4.25. The molecule has 0 nitrogen and oxygen atoms in total. The van der Waals surface area contributed by atoms with Crippen molar-refractivity contribution in [2.45, 2.75) is 46.7 Å². The first-order chi connectivity index (χ1) is 7.73. The molecule has 0 aliphatic heterocycles. The third-order valence-electron chi connectivity index (χ3n) is 2.28. The van der Waals surface area contributed by atoms with Gasteiger partial charge in [0.15, 0.2) is 0 Å². The second-order valence-electron chi connectivity index (χ2n) is 3.84. The molecule has 4 heteroatoms. The summed E-state index contributed by atoms with van der Waals surface area (Å²) in [7, 11) is 0. The quantitative estimate of drug-likeness (QED) is 0.601. The van der Waals surface area contributed by atoms with Crippen LogP contribution in [0.1, 0.15) is 50.3 Å². The van der Waals surface area contributed by atoms with E-state index in [-0.39, 0.29) is 10.9 Å². The minimum absolute atomic E-state index is 0.171. The first kappa shape index (κ1) is 16.3. The molecule has 0 fully saturated rings. The van der Waals surface area contributed by atoms with Crippen LogP contribution in [0.3, 0.4) is 0 Å². The van der Waals surface area contributed by atoms with Crippen molar-refractivity contribution in [3.63, 3.8) is 0 Å². The monoisotopic (exact) mass is 266 g/mol. The van der Waals surface area contributed by atoms with Gasteiger partial charge in [-0.1, -0.05) is 39.3 Å². The van der Waals surface area contributed by atoms with Crippen LogP contribution in [0.2, 0.25) is 5.02 Å². The average molecular weight is 267 g/mol. The number of aryl methyl sites for hydroxylation is 1. The minimum Gasteiger partial charge on any atom is -0.166 e. The fourth-order valence-electron chi connectivity index (χ4n) is 1.54. The molecular formula is C13H18ClF3. The van der Waals surface area contributed by atoms with Gasteiger partial charge in [0.2, 0.25) is 0 Å². The molecule has 0 aliphatic rings. The summed E-state index contributed by atoms with van der Waals surface area (Å²) in [6.45, 7) is 9.51. The Balaban J connectivity index is 0.00000121. The van der Waals surface area contributed by atoms with Crippen molar-refractivity contribution in [3.05, 3.63) is 33.8 Å². The lowest BCUT2D eigenvalue weighted by Crippen LogP contribution is -2.07. The normalized spacial score (nSPS) is 11.2. The first-order valence-corrected chi connectivity index (χ1v) is 5.98. The Kier molecular flexibility index (Phi) is 6.03. The number of benzene rings is 1. The maximum absolute atomic E-state index is 12.5. The highest BCUT2D eigenvalue weighted by Gasteiger charge is 2.33. The van der Waals surface area contributed by atoms with E-state index in [1.165, 1.54) is 6.07 Å². The topological polar surface area (TPSA) is 0 Å². The molecule has 17 heavy (non-hydrogen) atoms. The number of rotatable bonds is 1. The van der Waals surface area contributed by atoms with Crippen LogP contribution in [0, 0.1) is 6.92 Å². The van der Waals surface area contributed by atoms with Crippen LogP contribution in [0.25, 0.3) is 0 Å².